The van der Waals surface area contributed by atoms with Crippen LogP contribution in [-0.4, -0.2) is 23.3 Å². The van der Waals surface area contributed by atoms with Crippen molar-refractivity contribution in [1.82, 2.24) is 9.55 Å². The monoisotopic (exact) mass is 344 g/mol. The molecule has 126 valence electrons. The van der Waals surface area contributed by atoms with E-state index >= 15 is 0 Å². The molecule has 3 aromatic rings. The van der Waals surface area contributed by atoms with Crippen LogP contribution in [0.15, 0.2) is 42.5 Å². The van der Waals surface area contributed by atoms with Crippen LogP contribution in [0.4, 0.5) is 0 Å². The Bertz CT molecular complexity index is 812. The Morgan fingerprint density at radius 1 is 1.12 bits per heavy atom. The molecule has 5 heteroatoms. The molecule has 3 rings (SSSR count). The SMILES string of the molecule is COCCCn1c(COc2ccc(C)cc2)nc2cc(Cl)ccc21. The molecule has 0 atom stereocenters. The first-order valence-corrected chi connectivity index (χ1v) is 8.38. The molecule has 0 aliphatic heterocycles. The van der Waals surface area contributed by atoms with Gasteiger partial charge in [0.15, 0.2) is 0 Å². The molecule has 0 saturated carbocycles. The maximum absolute atomic E-state index is 6.09. The third kappa shape index (κ3) is 3.89. The van der Waals surface area contributed by atoms with Crippen molar-refractivity contribution in [2.75, 3.05) is 13.7 Å². The van der Waals surface area contributed by atoms with Gasteiger partial charge >= 0.3 is 0 Å². The summed E-state index contributed by atoms with van der Waals surface area (Å²) in [6.07, 6.45) is 0.919. The molecule has 24 heavy (non-hydrogen) atoms. The lowest BCUT2D eigenvalue weighted by Gasteiger charge is -2.10. The Labute approximate surface area is 147 Å². The van der Waals surface area contributed by atoms with Gasteiger partial charge in [0.1, 0.15) is 18.2 Å². The van der Waals surface area contributed by atoms with Gasteiger partial charge in [-0.15, -0.1) is 0 Å². The molecule has 2 aromatic carbocycles. The van der Waals surface area contributed by atoms with Crippen LogP contribution < -0.4 is 4.74 Å². The van der Waals surface area contributed by atoms with Crippen LogP contribution in [0.5, 0.6) is 5.75 Å². The fourth-order valence-corrected chi connectivity index (χ4v) is 2.83. The zero-order valence-corrected chi connectivity index (χ0v) is 14.7. The highest BCUT2D eigenvalue weighted by molar-refractivity contribution is 6.31. The van der Waals surface area contributed by atoms with E-state index in [2.05, 4.69) is 11.5 Å². The Morgan fingerprint density at radius 3 is 2.67 bits per heavy atom. The number of nitrogens with zero attached hydrogens (tertiary/aromatic N) is 2. The van der Waals surface area contributed by atoms with E-state index in [0.717, 1.165) is 35.6 Å². The summed E-state index contributed by atoms with van der Waals surface area (Å²) >= 11 is 6.09. The summed E-state index contributed by atoms with van der Waals surface area (Å²) in [5, 5.41) is 0.690. The standard InChI is InChI=1S/C19H21ClN2O2/c1-14-4-7-16(8-5-14)24-13-19-21-17-12-15(20)6-9-18(17)22(19)10-3-11-23-2/h4-9,12H,3,10-11,13H2,1-2H3. The van der Waals surface area contributed by atoms with Crippen LogP contribution in [0.1, 0.15) is 17.8 Å². The number of hydrogen-bond donors (Lipinski definition) is 0. The number of hydrogen-bond acceptors (Lipinski definition) is 3. The molecule has 0 unspecified atom stereocenters. The van der Waals surface area contributed by atoms with Crippen LogP contribution >= 0.6 is 11.6 Å². The average molecular weight is 345 g/mol. The zero-order chi connectivity index (χ0) is 16.9. The van der Waals surface area contributed by atoms with E-state index in [1.165, 1.54) is 5.56 Å². The number of rotatable bonds is 7. The third-order valence-electron chi connectivity index (χ3n) is 3.91. The molecule has 0 bridgehead atoms. The van der Waals surface area contributed by atoms with Gasteiger partial charge in [0.25, 0.3) is 0 Å². The van der Waals surface area contributed by atoms with E-state index in [4.69, 9.17) is 26.1 Å². The highest BCUT2D eigenvalue weighted by atomic mass is 35.5. The number of halogens is 1. The Kier molecular flexibility index (Phi) is 5.38. The molecular weight excluding hydrogens is 324 g/mol. The molecule has 0 amide bonds. The van der Waals surface area contributed by atoms with Crippen molar-refractivity contribution in [3.63, 3.8) is 0 Å². The van der Waals surface area contributed by atoms with Gasteiger partial charge in [-0.25, -0.2) is 4.98 Å². The van der Waals surface area contributed by atoms with Gasteiger partial charge in [0.05, 0.1) is 11.0 Å². The van der Waals surface area contributed by atoms with E-state index in [1.54, 1.807) is 7.11 Å². The van der Waals surface area contributed by atoms with Crippen LogP contribution in [0.3, 0.4) is 0 Å². The van der Waals surface area contributed by atoms with E-state index in [-0.39, 0.29) is 0 Å². The molecule has 0 N–H and O–H groups in total. The van der Waals surface area contributed by atoms with Crippen LogP contribution in [-0.2, 0) is 17.9 Å². The molecule has 0 aliphatic rings. The van der Waals surface area contributed by atoms with Crippen molar-refractivity contribution < 1.29 is 9.47 Å². The fraction of sp³-hybridized carbons (Fsp3) is 0.316. The van der Waals surface area contributed by atoms with Gasteiger partial charge in [-0.05, 0) is 43.7 Å². The largest absolute Gasteiger partial charge is 0.486 e. The predicted molar refractivity (Wildman–Crippen MR) is 96.7 cm³/mol. The van der Waals surface area contributed by atoms with Gasteiger partial charge in [-0.1, -0.05) is 29.3 Å². The molecule has 0 radical (unpaired) electrons. The Balaban J connectivity index is 1.84. The highest BCUT2D eigenvalue weighted by Crippen LogP contribution is 2.22. The highest BCUT2D eigenvalue weighted by Gasteiger charge is 2.12. The zero-order valence-electron chi connectivity index (χ0n) is 14.0. The second-order valence-electron chi connectivity index (χ2n) is 5.76. The van der Waals surface area contributed by atoms with Crippen molar-refractivity contribution >= 4 is 22.6 Å². The van der Waals surface area contributed by atoms with Gasteiger partial charge in [-0.2, -0.15) is 0 Å². The summed E-state index contributed by atoms with van der Waals surface area (Å²) in [5.74, 6) is 1.73. The topological polar surface area (TPSA) is 36.3 Å². The first-order chi connectivity index (χ1) is 11.7. The third-order valence-corrected chi connectivity index (χ3v) is 4.14. The smallest absolute Gasteiger partial charge is 0.148 e. The summed E-state index contributed by atoms with van der Waals surface area (Å²) < 4.78 is 13.3. The summed E-state index contributed by atoms with van der Waals surface area (Å²) in [6, 6.07) is 13.8. The van der Waals surface area contributed by atoms with Crippen LogP contribution in [0, 0.1) is 6.92 Å². The Morgan fingerprint density at radius 2 is 1.92 bits per heavy atom. The predicted octanol–water partition coefficient (Wildman–Crippen LogP) is 4.61. The molecule has 1 aromatic heterocycles. The van der Waals surface area contributed by atoms with Crippen molar-refractivity contribution in [2.24, 2.45) is 0 Å². The summed E-state index contributed by atoms with van der Waals surface area (Å²) in [4.78, 5) is 4.70. The summed E-state index contributed by atoms with van der Waals surface area (Å²) in [6.45, 7) is 4.02. The van der Waals surface area contributed by atoms with Crippen molar-refractivity contribution in [3.05, 3.63) is 58.9 Å². The van der Waals surface area contributed by atoms with Crippen molar-refractivity contribution in [2.45, 2.75) is 26.5 Å². The minimum atomic E-state index is 0.419. The van der Waals surface area contributed by atoms with E-state index in [1.807, 2.05) is 42.5 Å². The number of imidazole rings is 1. The number of methoxy groups -OCH3 is 1. The van der Waals surface area contributed by atoms with Gasteiger partial charge in [0, 0.05) is 25.3 Å². The van der Waals surface area contributed by atoms with Crippen molar-refractivity contribution in [1.29, 1.82) is 0 Å². The molecule has 1 heterocycles. The quantitative estimate of drug-likeness (QED) is 0.587. The van der Waals surface area contributed by atoms with Crippen LogP contribution in [0.25, 0.3) is 11.0 Å². The minimum Gasteiger partial charge on any atom is -0.486 e. The molecule has 0 fully saturated rings. The lowest BCUT2D eigenvalue weighted by atomic mass is 10.2. The normalized spacial score (nSPS) is 11.1. The second kappa shape index (κ2) is 7.69. The van der Waals surface area contributed by atoms with Crippen LogP contribution in [0.2, 0.25) is 5.02 Å². The molecular formula is C19H21ClN2O2. The lowest BCUT2D eigenvalue weighted by molar-refractivity contribution is 0.189. The molecule has 4 nitrogen and oxygen atoms in total. The average Bonchev–Trinajstić information content (AvgIpc) is 2.91. The molecule has 0 aliphatic carbocycles. The van der Waals surface area contributed by atoms with E-state index < -0.39 is 0 Å². The maximum atomic E-state index is 6.09. The lowest BCUT2D eigenvalue weighted by Crippen LogP contribution is -2.09. The minimum absolute atomic E-state index is 0.419. The number of fused-ring (bicyclic) bond motifs is 1. The number of benzene rings is 2. The number of ether oxygens (including phenoxy) is 2. The maximum Gasteiger partial charge on any atom is 0.148 e. The van der Waals surface area contributed by atoms with E-state index in [9.17, 15) is 0 Å². The van der Waals surface area contributed by atoms with Gasteiger partial charge in [-0.3, -0.25) is 0 Å². The summed E-state index contributed by atoms with van der Waals surface area (Å²) in [5.41, 5.74) is 3.17. The van der Waals surface area contributed by atoms with Gasteiger partial charge in [0.2, 0.25) is 0 Å². The van der Waals surface area contributed by atoms with Gasteiger partial charge < -0.3 is 14.0 Å². The summed E-state index contributed by atoms with van der Waals surface area (Å²) in [7, 11) is 1.72. The number of aromatic nitrogens is 2. The second-order valence-corrected chi connectivity index (χ2v) is 6.20. The van der Waals surface area contributed by atoms with E-state index in [0.29, 0.717) is 18.2 Å². The Hall–Kier alpha value is -2.04. The van der Waals surface area contributed by atoms with Crippen molar-refractivity contribution in [3.8, 4) is 5.75 Å². The number of aryl methyl sites for hydroxylation is 2. The fourth-order valence-electron chi connectivity index (χ4n) is 2.66. The first-order valence-electron chi connectivity index (χ1n) is 8.00. The first kappa shape index (κ1) is 16.8. The molecule has 0 saturated heterocycles. The molecule has 0 spiro atoms.